The smallest absolute Gasteiger partial charge is 0.241 e. The average Bonchev–Trinajstić information content (AvgIpc) is 2.89. The molecule has 24 heavy (non-hydrogen) atoms. The van der Waals surface area contributed by atoms with Gasteiger partial charge in [0.1, 0.15) is 23.1 Å². The van der Waals surface area contributed by atoms with Crippen molar-refractivity contribution in [1.29, 1.82) is 0 Å². The predicted octanol–water partition coefficient (Wildman–Crippen LogP) is 2.79. The van der Waals surface area contributed by atoms with Crippen molar-refractivity contribution in [3.8, 4) is 11.5 Å². The molecule has 0 saturated heterocycles. The van der Waals surface area contributed by atoms with E-state index >= 15 is 0 Å². The molecule has 0 unspecified atom stereocenters. The molecule has 0 aromatic heterocycles. The Labute approximate surface area is 137 Å². The van der Waals surface area contributed by atoms with Gasteiger partial charge in [-0.25, -0.2) is 21.9 Å². The zero-order valence-corrected chi connectivity index (χ0v) is 13.4. The summed E-state index contributed by atoms with van der Waals surface area (Å²) in [7, 11) is -2.55. The first-order valence-corrected chi connectivity index (χ1v) is 8.56. The lowest BCUT2D eigenvalue weighted by molar-refractivity contribution is 0.0991. The molecule has 8 heteroatoms. The number of hydrogen-bond donors (Lipinski definition) is 1. The summed E-state index contributed by atoms with van der Waals surface area (Å²) in [6.07, 6.45) is 0.452. The largest absolute Gasteiger partial charge is 0.457 e. The summed E-state index contributed by atoms with van der Waals surface area (Å²) in [5, 5.41) is 0. The molecule has 0 fully saturated rings. The third kappa shape index (κ3) is 2.90. The molecule has 0 amide bonds. The van der Waals surface area contributed by atoms with Crippen molar-refractivity contribution in [2.24, 2.45) is 0 Å². The normalized spacial score (nSPS) is 13.9. The van der Waals surface area contributed by atoms with Gasteiger partial charge in [-0.3, -0.25) is 4.79 Å². The number of halogens is 2. The van der Waals surface area contributed by atoms with E-state index in [-0.39, 0.29) is 34.2 Å². The molecule has 126 valence electrons. The number of hydrogen-bond acceptors (Lipinski definition) is 4. The van der Waals surface area contributed by atoms with Crippen molar-refractivity contribution in [1.82, 2.24) is 4.72 Å². The van der Waals surface area contributed by atoms with Gasteiger partial charge < -0.3 is 4.74 Å². The first-order valence-electron chi connectivity index (χ1n) is 7.08. The molecule has 0 spiro atoms. The van der Waals surface area contributed by atoms with Crippen LogP contribution in [0.3, 0.4) is 0 Å². The summed E-state index contributed by atoms with van der Waals surface area (Å²) in [6.45, 7) is 0. The molecular weight excluding hydrogens is 340 g/mol. The second-order valence-corrected chi connectivity index (χ2v) is 7.11. The second kappa shape index (κ2) is 5.95. The van der Waals surface area contributed by atoms with Crippen molar-refractivity contribution in [3.63, 3.8) is 0 Å². The third-order valence-corrected chi connectivity index (χ3v) is 5.19. The van der Waals surface area contributed by atoms with Crippen LogP contribution in [0.5, 0.6) is 11.5 Å². The molecule has 0 saturated carbocycles. The molecule has 5 nitrogen and oxygen atoms in total. The van der Waals surface area contributed by atoms with Crippen molar-refractivity contribution >= 4 is 15.8 Å². The molecule has 0 radical (unpaired) electrons. The van der Waals surface area contributed by atoms with E-state index in [0.717, 1.165) is 12.1 Å². The van der Waals surface area contributed by atoms with E-state index in [1.54, 1.807) is 0 Å². The molecule has 1 aliphatic carbocycles. The Balaban J connectivity index is 2.10. The lowest BCUT2D eigenvalue weighted by Crippen LogP contribution is -2.21. The van der Waals surface area contributed by atoms with E-state index in [4.69, 9.17) is 4.74 Å². The minimum Gasteiger partial charge on any atom is -0.457 e. The molecule has 0 heterocycles. The summed E-state index contributed by atoms with van der Waals surface area (Å²) >= 11 is 0. The highest BCUT2D eigenvalue weighted by molar-refractivity contribution is 7.89. The quantitative estimate of drug-likeness (QED) is 0.917. The van der Waals surface area contributed by atoms with E-state index in [1.807, 2.05) is 0 Å². The fourth-order valence-electron chi connectivity index (χ4n) is 2.67. The lowest BCUT2D eigenvalue weighted by atomic mass is 10.1. The number of Topliss-reactive ketones (excluding diaryl/α,β-unsaturated/α-hetero) is 1. The highest BCUT2D eigenvalue weighted by Gasteiger charge is 2.31. The minimum atomic E-state index is -3.81. The predicted molar refractivity (Wildman–Crippen MR) is 81.8 cm³/mol. The molecule has 0 aliphatic heterocycles. The van der Waals surface area contributed by atoms with E-state index in [0.29, 0.717) is 18.1 Å². The molecule has 1 N–H and O–H groups in total. The third-order valence-electron chi connectivity index (χ3n) is 3.73. The Morgan fingerprint density at radius 1 is 1.08 bits per heavy atom. The van der Waals surface area contributed by atoms with Crippen LogP contribution >= 0.6 is 0 Å². The Morgan fingerprint density at radius 3 is 2.38 bits per heavy atom. The first kappa shape index (κ1) is 16.5. The van der Waals surface area contributed by atoms with Crippen LogP contribution in [-0.4, -0.2) is 21.2 Å². The van der Waals surface area contributed by atoms with Gasteiger partial charge in [0.05, 0.1) is 4.90 Å². The zero-order chi connectivity index (χ0) is 17.5. The Kier molecular flexibility index (Phi) is 4.10. The summed E-state index contributed by atoms with van der Waals surface area (Å²) < 4.78 is 58.3. The van der Waals surface area contributed by atoms with Crippen LogP contribution < -0.4 is 9.46 Å². The van der Waals surface area contributed by atoms with Gasteiger partial charge in [0, 0.05) is 35.7 Å². The minimum absolute atomic E-state index is 0.0683. The van der Waals surface area contributed by atoms with Crippen molar-refractivity contribution in [3.05, 3.63) is 53.1 Å². The summed E-state index contributed by atoms with van der Waals surface area (Å²) in [6, 6.07) is 5.35. The topological polar surface area (TPSA) is 72.5 Å². The fourth-order valence-corrected chi connectivity index (χ4v) is 3.64. The van der Waals surface area contributed by atoms with Gasteiger partial charge in [-0.2, -0.15) is 0 Å². The highest BCUT2D eigenvalue weighted by atomic mass is 32.2. The van der Waals surface area contributed by atoms with Crippen LogP contribution in [0.2, 0.25) is 0 Å². The van der Waals surface area contributed by atoms with Gasteiger partial charge in [0.25, 0.3) is 0 Å². The van der Waals surface area contributed by atoms with E-state index < -0.39 is 21.7 Å². The maximum atomic E-state index is 13.3. The van der Waals surface area contributed by atoms with Crippen LogP contribution in [0.1, 0.15) is 22.3 Å². The standard InChI is InChI=1S/C16H13F2NO4S/c1-19-24(21,22)15-5-4-14(12-2-3-13(20)16(12)15)23-11-7-9(17)6-10(18)8-11/h4-8,19H,2-3H2,1H3. The van der Waals surface area contributed by atoms with Gasteiger partial charge >= 0.3 is 0 Å². The van der Waals surface area contributed by atoms with E-state index in [1.165, 1.54) is 19.2 Å². The van der Waals surface area contributed by atoms with Crippen molar-refractivity contribution in [2.75, 3.05) is 7.05 Å². The number of nitrogens with one attached hydrogen (secondary N) is 1. The van der Waals surface area contributed by atoms with Crippen LogP contribution in [0.25, 0.3) is 0 Å². The monoisotopic (exact) mass is 353 g/mol. The number of benzene rings is 2. The van der Waals surface area contributed by atoms with Gasteiger partial charge in [-0.15, -0.1) is 0 Å². The molecule has 3 rings (SSSR count). The fraction of sp³-hybridized carbons (Fsp3) is 0.188. The van der Waals surface area contributed by atoms with Crippen molar-refractivity contribution < 1.29 is 26.7 Å². The van der Waals surface area contributed by atoms with Crippen LogP contribution in [0.4, 0.5) is 8.78 Å². The van der Waals surface area contributed by atoms with Gasteiger partial charge in [0.15, 0.2) is 5.78 Å². The molecule has 0 bridgehead atoms. The van der Waals surface area contributed by atoms with Crippen LogP contribution in [0.15, 0.2) is 35.2 Å². The summed E-state index contributed by atoms with van der Waals surface area (Å²) in [5.74, 6) is -1.77. The maximum absolute atomic E-state index is 13.3. The van der Waals surface area contributed by atoms with E-state index in [2.05, 4.69) is 4.72 Å². The van der Waals surface area contributed by atoms with E-state index in [9.17, 15) is 22.0 Å². The average molecular weight is 353 g/mol. The number of carbonyl (C=O) groups excluding carboxylic acids is 1. The van der Waals surface area contributed by atoms with Crippen LogP contribution in [-0.2, 0) is 16.4 Å². The number of sulfonamides is 1. The number of ether oxygens (including phenoxy) is 1. The molecule has 0 atom stereocenters. The van der Waals surface area contributed by atoms with Gasteiger partial charge in [-0.05, 0) is 25.6 Å². The van der Waals surface area contributed by atoms with Crippen LogP contribution in [0, 0.1) is 11.6 Å². The molecule has 2 aromatic carbocycles. The zero-order valence-electron chi connectivity index (χ0n) is 12.6. The van der Waals surface area contributed by atoms with Gasteiger partial charge in [0.2, 0.25) is 10.0 Å². The summed E-state index contributed by atoms with van der Waals surface area (Å²) in [5.41, 5.74) is 0.486. The Bertz CT molecular complexity index is 921. The Hall–Kier alpha value is -2.32. The lowest BCUT2D eigenvalue weighted by Gasteiger charge is -2.13. The number of rotatable bonds is 4. The summed E-state index contributed by atoms with van der Waals surface area (Å²) in [4.78, 5) is 12.0. The number of carbonyl (C=O) groups is 1. The first-order chi connectivity index (χ1) is 11.3. The maximum Gasteiger partial charge on any atom is 0.241 e. The molecule has 2 aromatic rings. The van der Waals surface area contributed by atoms with Gasteiger partial charge in [-0.1, -0.05) is 0 Å². The SMILES string of the molecule is CNS(=O)(=O)c1ccc(Oc2cc(F)cc(F)c2)c2c1C(=O)CC2. The second-order valence-electron chi connectivity index (χ2n) is 5.25. The number of fused-ring (bicyclic) bond motifs is 1. The Morgan fingerprint density at radius 2 is 1.75 bits per heavy atom. The highest BCUT2D eigenvalue weighted by Crippen LogP contribution is 2.37. The molecular formula is C16H13F2NO4S. The number of ketones is 1. The van der Waals surface area contributed by atoms with Crippen molar-refractivity contribution in [2.45, 2.75) is 17.7 Å². The molecule has 1 aliphatic rings.